The van der Waals surface area contributed by atoms with Crippen LogP contribution in [0.1, 0.15) is 37.4 Å². The first-order valence-electron chi connectivity index (χ1n) is 10.4. The second kappa shape index (κ2) is 8.19. The Morgan fingerprint density at radius 1 is 0.935 bits per heavy atom. The van der Waals surface area contributed by atoms with Crippen molar-refractivity contribution in [2.24, 2.45) is 0 Å². The minimum Gasteiger partial charge on any atom is -0.305 e. The van der Waals surface area contributed by atoms with Crippen molar-refractivity contribution in [3.63, 3.8) is 0 Å². The lowest BCUT2D eigenvalue weighted by Gasteiger charge is -2.43. The van der Waals surface area contributed by atoms with Crippen LogP contribution in [0.4, 0.5) is 11.4 Å². The van der Waals surface area contributed by atoms with Gasteiger partial charge in [0.05, 0.1) is 16.6 Å². The Kier molecular flexibility index (Phi) is 5.58. The van der Waals surface area contributed by atoms with Crippen molar-refractivity contribution in [2.45, 2.75) is 44.2 Å². The fourth-order valence-electron chi connectivity index (χ4n) is 4.36. The number of hydrogen-bond donors (Lipinski definition) is 0. The Morgan fingerprint density at radius 3 is 2.19 bits per heavy atom. The molecule has 0 N–H and O–H groups in total. The number of aryl methyl sites for hydroxylation is 1. The van der Waals surface area contributed by atoms with E-state index >= 15 is 0 Å². The standard InChI is InChI=1S/C25H26N2O3S/c1-18-13-15-22(16-14-18)31(29,30)27-19(2)17-25(23-11-7-8-12-24(23)27)26(20(3)28)21-9-5-4-6-10-21/h4-16,19,25H,17H2,1-3H3/t19-,25+/m0/s1. The van der Waals surface area contributed by atoms with E-state index in [2.05, 4.69) is 0 Å². The van der Waals surface area contributed by atoms with E-state index in [0.717, 1.165) is 16.8 Å². The van der Waals surface area contributed by atoms with Gasteiger partial charge in [0.25, 0.3) is 10.0 Å². The number of anilines is 2. The number of para-hydroxylation sites is 2. The molecule has 0 aromatic heterocycles. The summed E-state index contributed by atoms with van der Waals surface area (Å²) in [5, 5.41) is 0. The summed E-state index contributed by atoms with van der Waals surface area (Å²) in [7, 11) is -3.75. The van der Waals surface area contributed by atoms with Crippen molar-refractivity contribution in [1.29, 1.82) is 0 Å². The molecule has 1 aliphatic heterocycles. The maximum absolute atomic E-state index is 13.6. The van der Waals surface area contributed by atoms with Gasteiger partial charge >= 0.3 is 0 Å². The molecule has 1 amide bonds. The third-order valence-corrected chi connectivity index (χ3v) is 7.70. The van der Waals surface area contributed by atoms with E-state index in [9.17, 15) is 13.2 Å². The highest BCUT2D eigenvalue weighted by Crippen LogP contribution is 2.44. The maximum Gasteiger partial charge on any atom is 0.264 e. The molecular weight excluding hydrogens is 408 g/mol. The Bertz CT molecular complexity index is 1190. The monoisotopic (exact) mass is 434 g/mol. The predicted octanol–water partition coefficient (Wildman–Crippen LogP) is 5.08. The van der Waals surface area contributed by atoms with Crippen molar-refractivity contribution in [1.82, 2.24) is 0 Å². The second-order valence-corrected chi connectivity index (χ2v) is 9.81. The lowest BCUT2D eigenvalue weighted by Crippen LogP contribution is -2.47. The molecule has 4 rings (SSSR count). The molecule has 1 heterocycles. The summed E-state index contributed by atoms with van der Waals surface area (Å²) in [6.45, 7) is 5.38. The first-order chi connectivity index (χ1) is 14.8. The third-order valence-electron chi connectivity index (χ3n) is 5.76. The molecule has 1 aliphatic rings. The Labute approximate surface area is 184 Å². The molecule has 0 bridgehead atoms. The van der Waals surface area contributed by atoms with Gasteiger partial charge in [-0.1, -0.05) is 54.1 Å². The van der Waals surface area contributed by atoms with Crippen LogP contribution in [0, 0.1) is 6.92 Å². The molecular formula is C25H26N2O3S. The first-order valence-corrected chi connectivity index (χ1v) is 11.8. The van der Waals surface area contributed by atoms with Gasteiger partial charge in [0.15, 0.2) is 0 Å². The van der Waals surface area contributed by atoms with Gasteiger partial charge in [0.1, 0.15) is 0 Å². The van der Waals surface area contributed by atoms with Crippen LogP contribution in [0.15, 0.2) is 83.8 Å². The number of benzene rings is 3. The van der Waals surface area contributed by atoms with Gasteiger partial charge in [-0.3, -0.25) is 9.10 Å². The summed E-state index contributed by atoms with van der Waals surface area (Å²) >= 11 is 0. The van der Waals surface area contributed by atoms with E-state index in [-0.39, 0.29) is 22.9 Å². The number of hydrogen-bond acceptors (Lipinski definition) is 3. The minimum atomic E-state index is -3.75. The molecule has 0 unspecified atom stereocenters. The van der Waals surface area contributed by atoms with Crippen LogP contribution in [-0.4, -0.2) is 20.4 Å². The van der Waals surface area contributed by atoms with Crippen molar-refractivity contribution in [2.75, 3.05) is 9.21 Å². The molecule has 0 spiro atoms. The molecule has 5 nitrogen and oxygen atoms in total. The molecule has 6 heteroatoms. The van der Waals surface area contributed by atoms with Gasteiger partial charge in [-0.15, -0.1) is 0 Å². The quantitative estimate of drug-likeness (QED) is 0.576. The van der Waals surface area contributed by atoms with Crippen LogP contribution in [0.2, 0.25) is 0 Å². The van der Waals surface area contributed by atoms with Crippen LogP contribution < -0.4 is 9.21 Å². The highest BCUT2D eigenvalue weighted by atomic mass is 32.2. The number of rotatable bonds is 4. The zero-order chi connectivity index (χ0) is 22.2. The topological polar surface area (TPSA) is 57.7 Å². The van der Waals surface area contributed by atoms with E-state index in [1.807, 2.05) is 80.6 Å². The van der Waals surface area contributed by atoms with Crippen LogP contribution in [-0.2, 0) is 14.8 Å². The molecule has 2 atom stereocenters. The largest absolute Gasteiger partial charge is 0.305 e. The van der Waals surface area contributed by atoms with Crippen LogP contribution in [0.5, 0.6) is 0 Å². The Hall–Kier alpha value is -3.12. The lowest BCUT2D eigenvalue weighted by molar-refractivity contribution is -0.117. The van der Waals surface area contributed by atoms with E-state index in [1.165, 1.54) is 4.31 Å². The molecule has 160 valence electrons. The first kappa shape index (κ1) is 21.1. The Morgan fingerprint density at radius 2 is 1.55 bits per heavy atom. The molecule has 0 aliphatic carbocycles. The predicted molar refractivity (Wildman–Crippen MR) is 124 cm³/mol. The maximum atomic E-state index is 13.6. The van der Waals surface area contributed by atoms with Gasteiger partial charge in [-0.05, 0) is 56.2 Å². The second-order valence-electron chi connectivity index (χ2n) is 8.00. The molecule has 3 aromatic carbocycles. The summed E-state index contributed by atoms with van der Waals surface area (Å²) < 4.78 is 28.7. The average molecular weight is 435 g/mol. The molecule has 0 saturated heterocycles. The van der Waals surface area contributed by atoms with E-state index in [1.54, 1.807) is 24.0 Å². The molecule has 0 fully saturated rings. The number of carbonyl (C=O) groups is 1. The van der Waals surface area contributed by atoms with Crippen molar-refractivity contribution in [3.05, 3.63) is 90.0 Å². The van der Waals surface area contributed by atoms with E-state index in [4.69, 9.17) is 0 Å². The number of sulfonamides is 1. The van der Waals surface area contributed by atoms with Gasteiger partial charge < -0.3 is 4.90 Å². The van der Waals surface area contributed by atoms with Gasteiger partial charge in [-0.2, -0.15) is 0 Å². The number of fused-ring (bicyclic) bond motifs is 1. The third kappa shape index (κ3) is 3.83. The van der Waals surface area contributed by atoms with Gasteiger partial charge in [-0.25, -0.2) is 8.42 Å². The summed E-state index contributed by atoms with van der Waals surface area (Å²) in [5.74, 6) is -0.0759. The number of nitrogens with zero attached hydrogens (tertiary/aromatic N) is 2. The summed E-state index contributed by atoms with van der Waals surface area (Å²) in [4.78, 5) is 14.7. The van der Waals surface area contributed by atoms with E-state index in [0.29, 0.717) is 12.1 Å². The molecule has 3 aromatic rings. The van der Waals surface area contributed by atoms with Crippen molar-refractivity contribution in [3.8, 4) is 0 Å². The lowest BCUT2D eigenvalue weighted by atomic mass is 9.91. The summed E-state index contributed by atoms with van der Waals surface area (Å²) in [6, 6.07) is 23.3. The fourth-order valence-corrected chi connectivity index (χ4v) is 6.05. The average Bonchev–Trinajstić information content (AvgIpc) is 2.74. The van der Waals surface area contributed by atoms with Crippen LogP contribution >= 0.6 is 0 Å². The molecule has 0 radical (unpaired) electrons. The normalized spacial score (nSPS) is 18.4. The zero-order valence-corrected chi connectivity index (χ0v) is 18.7. The van der Waals surface area contributed by atoms with Crippen molar-refractivity contribution >= 4 is 27.3 Å². The highest BCUT2D eigenvalue weighted by Gasteiger charge is 2.40. The number of carbonyl (C=O) groups excluding carboxylic acids is 1. The summed E-state index contributed by atoms with van der Waals surface area (Å²) in [6.07, 6.45) is 0.497. The van der Waals surface area contributed by atoms with E-state index < -0.39 is 10.0 Å². The SMILES string of the molecule is CC(=O)N(c1ccccc1)[C@@H]1C[C@H](C)N(S(=O)(=O)c2ccc(C)cc2)c2ccccc21. The van der Waals surface area contributed by atoms with Crippen LogP contribution in [0.25, 0.3) is 0 Å². The Balaban J connectivity index is 1.83. The molecule has 31 heavy (non-hydrogen) atoms. The summed E-state index contributed by atoms with van der Waals surface area (Å²) in [5.41, 5.74) is 3.26. The fraction of sp³-hybridized carbons (Fsp3) is 0.240. The number of amides is 1. The zero-order valence-electron chi connectivity index (χ0n) is 17.9. The van der Waals surface area contributed by atoms with Gasteiger partial charge in [0.2, 0.25) is 5.91 Å². The van der Waals surface area contributed by atoms with Crippen LogP contribution in [0.3, 0.4) is 0 Å². The van der Waals surface area contributed by atoms with Gasteiger partial charge in [0, 0.05) is 18.7 Å². The molecule has 0 saturated carbocycles. The highest BCUT2D eigenvalue weighted by molar-refractivity contribution is 7.92. The minimum absolute atomic E-state index is 0.0759. The van der Waals surface area contributed by atoms with Crippen molar-refractivity contribution < 1.29 is 13.2 Å². The smallest absolute Gasteiger partial charge is 0.264 e.